The average molecular weight is 356 g/mol. The summed E-state index contributed by atoms with van der Waals surface area (Å²) in [6, 6.07) is 5.19. The number of nitrogens with one attached hydrogen (secondary N) is 1. The highest BCUT2D eigenvalue weighted by atomic mass is 35.6. The minimum atomic E-state index is -1.90. The van der Waals surface area contributed by atoms with Crippen LogP contribution in [0.2, 0.25) is 0 Å². The number of non-ortho nitro benzene ring substituents is 1. The van der Waals surface area contributed by atoms with Crippen molar-refractivity contribution in [2.45, 2.75) is 23.9 Å². The molecule has 0 saturated carbocycles. The summed E-state index contributed by atoms with van der Waals surface area (Å²) in [5, 5.41) is 13.0. The van der Waals surface area contributed by atoms with E-state index in [9.17, 15) is 14.9 Å². The standard InChI is InChI=1S/C12H13Cl3N2O4/c1-7(2)10(18)16-11(12(13,14)15)21-9-5-3-8(4-6-9)17(19)20/h3-7,11H,1-2H3,(H,16,18)/t11-/m0/s1. The van der Waals surface area contributed by atoms with Gasteiger partial charge in [0, 0.05) is 18.1 Å². The van der Waals surface area contributed by atoms with Gasteiger partial charge in [0.1, 0.15) is 5.75 Å². The number of rotatable bonds is 5. The van der Waals surface area contributed by atoms with Gasteiger partial charge >= 0.3 is 0 Å². The molecule has 6 nitrogen and oxygen atoms in total. The van der Waals surface area contributed by atoms with Crippen molar-refractivity contribution in [1.82, 2.24) is 5.32 Å². The van der Waals surface area contributed by atoms with Crippen LogP contribution in [0.4, 0.5) is 5.69 Å². The number of hydrogen-bond acceptors (Lipinski definition) is 4. The van der Waals surface area contributed by atoms with E-state index in [1.165, 1.54) is 24.3 Å². The zero-order valence-electron chi connectivity index (χ0n) is 11.2. The number of carbonyl (C=O) groups excluding carboxylic acids is 1. The number of carbonyl (C=O) groups is 1. The van der Waals surface area contributed by atoms with Gasteiger partial charge in [-0.1, -0.05) is 48.7 Å². The molecule has 0 saturated heterocycles. The smallest absolute Gasteiger partial charge is 0.269 e. The first kappa shape index (κ1) is 17.8. The largest absolute Gasteiger partial charge is 0.466 e. The number of nitro groups is 1. The lowest BCUT2D eigenvalue weighted by molar-refractivity contribution is -0.384. The van der Waals surface area contributed by atoms with Crippen LogP contribution in [0, 0.1) is 16.0 Å². The molecule has 0 spiro atoms. The molecule has 21 heavy (non-hydrogen) atoms. The summed E-state index contributed by atoms with van der Waals surface area (Å²) in [5.74, 6) is -0.450. The maximum Gasteiger partial charge on any atom is 0.269 e. The van der Waals surface area contributed by atoms with Crippen LogP contribution in [0.25, 0.3) is 0 Å². The molecule has 1 rings (SSSR count). The van der Waals surface area contributed by atoms with Crippen LogP contribution in [0.15, 0.2) is 24.3 Å². The minimum Gasteiger partial charge on any atom is -0.466 e. The predicted molar refractivity (Wildman–Crippen MR) is 80.8 cm³/mol. The van der Waals surface area contributed by atoms with Gasteiger partial charge in [0.2, 0.25) is 15.9 Å². The Bertz CT molecular complexity index is 514. The molecule has 0 heterocycles. The van der Waals surface area contributed by atoms with Gasteiger partial charge in [-0.25, -0.2) is 0 Å². The topological polar surface area (TPSA) is 81.5 Å². The fraction of sp³-hybridized carbons (Fsp3) is 0.417. The van der Waals surface area contributed by atoms with Crippen molar-refractivity contribution in [1.29, 1.82) is 0 Å². The molecular formula is C12H13Cl3N2O4. The highest BCUT2D eigenvalue weighted by molar-refractivity contribution is 6.68. The third kappa shape index (κ3) is 5.57. The van der Waals surface area contributed by atoms with Crippen molar-refractivity contribution in [3.05, 3.63) is 34.4 Å². The summed E-state index contributed by atoms with van der Waals surface area (Å²) in [7, 11) is 0. The lowest BCUT2D eigenvalue weighted by Crippen LogP contribution is -2.49. The van der Waals surface area contributed by atoms with E-state index in [0.29, 0.717) is 0 Å². The molecule has 0 aliphatic carbocycles. The predicted octanol–water partition coefficient (Wildman–Crippen LogP) is 3.44. The molecular weight excluding hydrogens is 343 g/mol. The zero-order chi connectivity index (χ0) is 16.2. The lowest BCUT2D eigenvalue weighted by Gasteiger charge is -2.26. The molecule has 0 radical (unpaired) electrons. The van der Waals surface area contributed by atoms with Gasteiger partial charge in [0.25, 0.3) is 5.69 Å². The van der Waals surface area contributed by atoms with E-state index < -0.39 is 14.9 Å². The van der Waals surface area contributed by atoms with Gasteiger partial charge in [-0.05, 0) is 12.1 Å². The van der Waals surface area contributed by atoms with Gasteiger partial charge < -0.3 is 10.1 Å². The first-order valence-electron chi connectivity index (χ1n) is 5.89. The molecule has 1 aromatic carbocycles. The van der Waals surface area contributed by atoms with Crippen molar-refractivity contribution >= 4 is 46.4 Å². The summed E-state index contributed by atoms with van der Waals surface area (Å²) < 4.78 is 3.49. The Morgan fingerprint density at radius 1 is 1.29 bits per heavy atom. The molecule has 0 aromatic heterocycles. The highest BCUT2D eigenvalue weighted by Gasteiger charge is 2.36. The molecule has 0 aliphatic heterocycles. The molecule has 9 heteroatoms. The first-order valence-corrected chi connectivity index (χ1v) is 7.03. The summed E-state index contributed by atoms with van der Waals surface area (Å²) >= 11 is 17.3. The van der Waals surface area contributed by atoms with Crippen LogP contribution >= 0.6 is 34.8 Å². The van der Waals surface area contributed by atoms with Gasteiger partial charge in [-0.3, -0.25) is 14.9 Å². The maximum absolute atomic E-state index is 11.7. The third-order valence-electron chi connectivity index (χ3n) is 2.40. The summed E-state index contributed by atoms with van der Waals surface area (Å²) in [6.07, 6.45) is -1.22. The maximum atomic E-state index is 11.7. The average Bonchev–Trinajstić information content (AvgIpc) is 2.37. The number of ether oxygens (including phenoxy) is 1. The molecule has 116 valence electrons. The summed E-state index contributed by atoms with van der Waals surface area (Å²) in [5.41, 5.74) is -0.0981. The number of nitrogens with zero attached hydrogens (tertiary/aromatic N) is 1. The lowest BCUT2D eigenvalue weighted by atomic mass is 10.2. The first-order chi connectivity index (χ1) is 9.61. The zero-order valence-corrected chi connectivity index (χ0v) is 13.4. The highest BCUT2D eigenvalue weighted by Crippen LogP contribution is 2.32. The third-order valence-corrected chi connectivity index (χ3v) is 2.99. The second kappa shape index (κ2) is 7.15. The van der Waals surface area contributed by atoms with E-state index >= 15 is 0 Å². The Morgan fingerprint density at radius 2 is 1.81 bits per heavy atom. The molecule has 1 atom stereocenters. The van der Waals surface area contributed by atoms with E-state index in [1.807, 2.05) is 0 Å². The van der Waals surface area contributed by atoms with Crippen molar-refractivity contribution in [3.63, 3.8) is 0 Å². The molecule has 1 N–H and O–H groups in total. The summed E-state index contributed by atoms with van der Waals surface area (Å²) in [4.78, 5) is 21.7. The van der Waals surface area contributed by atoms with E-state index in [0.717, 1.165) is 0 Å². The quantitative estimate of drug-likeness (QED) is 0.380. The Hall–Kier alpha value is -1.24. The van der Waals surface area contributed by atoms with Crippen LogP contribution in [-0.4, -0.2) is 20.9 Å². The molecule has 0 bridgehead atoms. The van der Waals surface area contributed by atoms with E-state index in [1.54, 1.807) is 13.8 Å². The number of halogens is 3. The van der Waals surface area contributed by atoms with E-state index in [4.69, 9.17) is 39.5 Å². The normalized spacial score (nSPS) is 12.9. The number of alkyl halides is 3. The fourth-order valence-electron chi connectivity index (χ4n) is 1.26. The monoisotopic (exact) mass is 354 g/mol. The van der Waals surface area contributed by atoms with Crippen LogP contribution < -0.4 is 10.1 Å². The Morgan fingerprint density at radius 3 is 2.19 bits per heavy atom. The van der Waals surface area contributed by atoms with Gasteiger partial charge in [0.05, 0.1) is 4.92 Å². The van der Waals surface area contributed by atoms with Crippen molar-refractivity contribution in [3.8, 4) is 5.75 Å². The van der Waals surface area contributed by atoms with Gasteiger partial charge in [-0.15, -0.1) is 0 Å². The van der Waals surface area contributed by atoms with Crippen LogP contribution in [0.3, 0.4) is 0 Å². The van der Waals surface area contributed by atoms with Crippen LogP contribution in [0.1, 0.15) is 13.8 Å². The van der Waals surface area contributed by atoms with Gasteiger partial charge in [-0.2, -0.15) is 0 Å². The SMILES string of the molecule is CC(C)C(=O)N[C@@H](Oc1ccc([N+](=O)[O-])cc1)C(Cl)(Cl)Cl. The van der Waals surface area contributed by atoms with Crippen LogP contribution in [-0.2, 0) is 4.79 Å². The fourth-order valence-corrected chi connectivity index (χ4v) is 1.55. The molecule has 0 fully saturated rings. The molecule has 0 unspecified atom stereocenters. The van der Waals surface area contributed by atoms with E-state index in [-0.39, 0.29) is 23.3 Å². The number of amides is 1. The van der Waals surface area contributed by atoms with Crippen molar-refractivity contribution < 1.29 is 14.5 Å². The molecule has 1 amide bonds. The minimum absolute atomic E-state index is 0.0981. The van der Waals surface area contributed by atoms with Gasteiger partial charge in [0.15, 0.2) is 0 Å². The van der Waals surface area contributed by atoms with Crippen molar-refractivity contribution in [2.24, 2.45) is 5.92 Å². The molecule has 0 aliphatic rings. The number of nitro benzene ring substituents is 1. The van der Waals surface area contributed by atoms with Crippen molar-refractivity contribution in [2.75, 3.05) is 0 Å². The van der Waals surface area contributed by atoms with Crippen LogP contribution in [0.5, 0.6) is 5.75 Å². The molecule has 1 aromatic rings. The second-order valence-electron chi connectivity index (χ2n) is 4.45. The summed E-state index contributed by atoms with van der Waals surface area (Å²) in [6.45, 7) is 3.35. The Kier molecular flexibility index (Phi) is 6.07. The van der Waals surface area contributed by atoms with E-state index in [2.05, 4.69) is 5.32 Å². The number of benzene rings is 1. The Balaban J connectivity index is 2.86. The Labute approximate surface area is 136 Å². The second-order valence-corrected chi connectivity index (χ2v) is 6.82. The number of hydrogen-bond donors (Lipinski definition) is 1.